The van der Waals surface area contributed by atoms with E-state index in [1.165, 1.54) is 19.2 Å². The zero-order valence-corrected chi connectivity index (χ0v) is 11.8. The van der Waals surface area contributed by atoms with Crippen molar-refractivity contribution in [3.05, 3.63) is 29.8 Å². The van der Waals surface area contributed by atoms with Crippen LogP contribution in [0, 0.1) is 0 Å². The Labute approximate surface area is 112 Å². The Morgan fingerprint density at radius 1 is 1.44 bits per heavy atom. The lowest BCUT2D eigenvalue weighted by Crippen LogP contribution is -2.31. The standard InChI is InChI=1S/C11H16N2O3S2/c1-8(16-2)7-13-18(14,15)10-5-3-9(4-6-10)11(12)17/h3-6,8,13H,7H2,1-2H3,(H2,12,17). The van der Waals surface area contributed by atoms with Crippen LogP contribution in [0.25, 0.3) is 0 Å². The van der Waals surface area contributed by atoms with Crippen molar-refractivity contribution in [1.29, 1.82) is 0 Å². The molecular formula is C11H16N2O3S2. The number of hydrogen-bond acceptors (Lipinski definition) is 4. The van der Waals surface area contributed by atoms with Crippen molar-refractivity contribution in [2.45, 2.75) is 17.9 Å². The molecule has 1 unspecified atom stereocenters. The number of sulfonamides is 1. The van der Waals surface area contributed by atoms with E-state index in [0.717, 1.165) is 0 Å². The van der Waals surface area contributed by atoms with Crippen molar-refractivity contribution in [1.82, 2.24) is 4.72 Å². The highest BCUT2D eigenvalue weighted by molar-refractivity contribution is 7.89. The summed E-state index contributed by atoms with van der Waals surface area (Å²) in [7, 11) is -2.00. The summed E-state index contributed by atoms with van der Waals surface area (Å²) in [6, 6.07) is 6.09. The van der Waals surface area contributed by atoms with Gasteiger partial charge in [0.05, 0.1) is 11.0 Å². The summed E-state index contributed by atoms with van der Waals surface area (Å²) in [5.41, 5.74) is 6.07. The first-order valence-electron chi connectivity index (χ1n) is 5.29. The monoisotopic (exact) mass is 288 g/mol. The number of methoxy groups -OCH3 is 1. The van der Waals surface area contributed by atoms with Gasteiger partial charge in [-0.1, -0.05) is 24.4 Å². The van der Waals surface area contributed by atoms with Crippen molar-refractivity contribution in [3.63, 3.8) is 0 Å². The first-order chi connectivity index (χ1) is 8.36. The van der Waals surface area contributed by atoms with Gasteiger partial charge in [-0.3, -0.25) is 0 Å². The van der Waals surface area contributed by atoms with E-state index in [1.807, 2.05) is 0 Å². The number of thiocarbonyl (C=S) groups is 1. The van der Waals surface area contributed by atoms with E-state index in [0.29, 0.717) is 5.56 Å². The van der Waals surface area contributed by atoms with E-state index in [9.17, 15) is 8.42 Å². The average molecular weight is 288 g/mol. The lowest BCUT2D eigenvalue weighted by Gasteiger charge is -2.11. The molecular weight excluding hydrogens is 272 g/mol. The third-order valence-electron chi connectivity index (χ3n) is 2.41. The highest BCUT2D eigenvalue weighted by atomic mass is 32.2. The molecule has 1 atom stereocenters. The highest BCUT2D eigenvalue weighted by Gasteiger charge is 2.14. The molecule has 0 aromatic heterocycles. The minimum absolute atomic E-state index is 0.172. The van der Waals surface area contributed by atoms with Gasteiger partial charge in [0.2, 0.25) is 10.0 Å². The van der Waals surface area contributed by atoms with E-state index in [-0.39, 0.29) is 22.5 Å². The number of hydrogen-bond donors (Lipinski definition) is 2. The molecule has 0 bridgehead atoms. The molecule has 0 fully saturated rings. The summed E-state index contributed by atoms with van der Waals surface area (Å²) in [6.45, 7) is 1.99. The number of benzene rings is 1. The molecule has 5 nitrogen and oxygen atoms in total. The van der Waals surface area contributed by atoms with Gasteiger partial charge in [0.1, 0.15) is 4.99 Å². The minimum atomic E-state index is -3.52. The molecule has 18 heavy (non-hydrogen) atoms. The predicted molar refractivity (Wildman–Crippen MR) is 74.0 cm³/mol. The SMILES string of the molecule is COC(C)CNS(=O)(=O)c1ccc(C(N)=S)cc1. The van der Waals surface area contributed by atoms with Crippen LogP contribution < -0.4 is 10.5 Å². The first kappa shape index (κ1) is 15.0. The molecule has 7 heteroatoms. The molecule has 0 spiro atoms. The zero-order valence-electron chi connectivity index (χ0n) is 10.2. The lowest BCUT2D eigenvalue weighted by molar-refractivity contribution is 0.122. The fraction of sp³-hybridized carbons (Fsp3) is 0.364. The number of nitrogens with two attached hydrogens (primary N) is 1. The van der Waals surface area contributed by atoms with Gasteiger partial charge in [0.15, 0.2) is 0 Å². The van der Waals surface area contributed by atoms with Crippen LogP contribution in [-0.2, 0) is 14.8 Å². The second-order valence-corrected chi connectivity index (χ2v) is 5.99. The van der Waals surface area contributed by atoms with Crippen molar-refractivity contribution in [3.8, 4) is 0 Å². The van der Waals surface area contributed by atoms with Crippen LogP contribution >= 0.6 is 12.2 Å². The average Bonchev–Trinajstić information content (AvgIpc) is 2.36. The molecule has 0 amide bonds. The second-order valence-electron chi connectivity index (χ2n) is 3.79. The van der Waals surface area contributed by atoms with E-state index in [4.69, 9.17) is 22.7 Å². The summed E-state index contributed by atoms with van der Waals surface area (Å²) in [5.74, 6) is 0. The molecule has 1 aromatic carbocycles. The molecule has 0 aliphatic heterocycles. The molecule has 1 aromatic rings. The molecule has 1 rings (SSSR count). The number of nitrogens with one attached hydrogen (secondary N) is 1. The summed E-state index contributed by atoms with van der Waals surface area (Å²) in [5, 5.41) is 0. The Hall–Kier alpha value is -1.02. The largest absolute Gasteiger partial charge is 0.389 e. The zero-order chi connectivity index (χ0) is 13.8. The van der Waals surface area contributed by atoms with E-state index in [2.05, 4.69) is 4.72 Å². The van der Waals surface area contributed by atoms with Gasteiger partial charge in [0, 0.05) is 19.2 Å². The molecule has 0 saturated heterocycles. The number of ether oxygens (including phenoxy) is 1. The van der Waals surface area contributed by atoms with Crippen LogP contribution in [0.4, 0.5) is 0 Å². The first-order valence-corrected chi connectivity index (χ1v) is 7.18. The van der Waals surface area contributed by atoms with Crippen LogP contribution in [0.5, 0.6) is 0 Å². The van der Waals surface area contributed by atoms with Crippen LogP contribution in [0.3, 0.4) is 0 Å². The van der Waals surface area contributed by atoms with Crippen molar-refractivity contribution in [2.75, 3.05) is 13.7 Å². The van der Waals surface area contributed by atoms with Crippen LogP contribution in [-0.4, -0.2) is 33.2 Å². The van der Waals surface area contributed by atoms with Gasteiger partial charge in [-0.05, 0) is 19.1 Å². The van der Waals surface area contributed by atoms with Crippen LogP contribution in [0.2, 0.25) is 0 Å². The van der Waals surface area contributed by atoms with Crippen molar-refractivity contribution < 1.29 is 13.2 Å². The third kappa shape index (κ3) is 4.02. The van der Waals surface area contributed by atoms with Gasteiger partial charge in [0.25, 0.3) is 0 Å². The van der Waals surface area contributed by atoms with Gasteiger partial charge >= 0.3 is 0 Å². The van der Waals surface area contributed by atoms with E-state index >= 15 is 0 Å². The van der Waals surface area contributed by atoms with Crippen molar-refractivity contribution >= 4 is 27.2 Å². The van der Waals surface area contributed by atoms with Crippen LogP contribution in [0.15, 0.2) is 29.2 Å². The van der Waals surface area contributed by atoms with E-state index in [1.54, 1.807) is 19.1 Å². The lowest BCUT2D eigenvalue weighted by atomic mass is 10.2. The van der Waals surface area contributed by atoms with Gasteiger partial charge in [-0.2, -0.15) is 0 Å². The predicted octanol–water partition coefficient (Wildman–Crippen LogP) is 0.634. The summed E-state index contributed by atoms with van der Waals surface area (Å²) < 4.78 is 31.2. The second kappa shape index (κ2) is 6.24. The molecule has 3 N–H and O–H groups in total. The van der Waals surface area contributed by atoms with Gasteiger partial charge < -0.3 is 10.5 Å². The molecule has 0 aliphatic carbocycles. The maximum atomic E-state index is 11.9. The smallest absolute Gasteiger partial charge is 0.240 e. The fourth-order valence-corrected chi connectivity index (χ4v) is 2.44. The van der Waals surface area contributed by atoms with E-state index < -0.39 is 10.0 Å². The Morgan fingerprint density at radius 2 is 2.00 bits per heavy atom. The van der Waals surface area contributed by atoms with Gasteiger partial charge in [-0.25, -0.2) is 13.1 Å². The highest BCUT2D eigenvalue weighted by Crippen LogP contribution is 2.10. The summed E-state index contributed by atoms with van der Waals surface area (Å²) in [4.78, 5) is 0.408. The quantitative estimate of drug-likeness (QED) is 0.751. The molecule has 0 aliphatic rings. The summed E-state index contributed by atoms with van der Waals surface area (Å²) in [6.07, 6.45) is -0.185. The maximum absolute atomic E-state index is 11.9. The van der Waals surface area contributed by atoms with Crippen LogP contribution in [0.1, 0.15) is 12.5 Å². The minimum Gasteiger partial charge on any atom is -0.389 e. The topological polar surface area (TPSA) is 81.4 Å². The molecule has 0 heterocycles. The molecule has 100 valence electrons. The Morgan fingerprint density at radius 3 is 2.44 bits per heavy atom. The number of rotatable bonds is 6. The Bertz CT molecular complexity index is 512. The molecule has 0 radical (unpaired) electrons. The fourth-order valence-electron chi connectivity index (χ4n) is 1.19. The van der Waals surface area contributed by atoms with Gasteiger partial charge in [-0.15, -0.1) is 0 Å². The Balaban J connectivity index is 2.82. The van der Waals surface area contributed by atoms with Crippen molar-refractivity contribution in [2.24, 2.45) is 5.73 Å². The Kier molecular flexibility index (Phi) is 5.21. The molecule has 0 saturated carbocycles. The maximum Gasteiger partial charge on any atom is 0.240 e. The summed E-state index contributed by atoms with van der Waals surface area (Å²) >= 11 is 4.80. The normalized spacial score (nSPS) is 13.2. The third-order valence-corrected chi connectivity index (χ3v) is 4.09.